The number of carbonyl (C=O) groups is 2. The Morgan fingerprint density at radius 2 is 1.96 bits per heavy atom. The van der Waals surface area contributed by atoms with Gasteiger partial charge in [-0.1, -0.05) is 18.2 Å². The van der Waals surface area contributed by atoms with Gasteiger partial charge in [-0.05, 0) is 30.3 Å². The number of methoxy groups -OCH3 is 1. The molecule has 0 spiro atoms. The van der Waals surface area contributed by atoms with Crippen molar-refractivity contribution in [3.63, 3.8) is 0 Å². The second-order valence-corrected chi connectivity index (χ2v) is 5.83. The van der Waals surface area contributed by atoms with Crippen LogP contribution in [0.25, 0.3) is 33.1 Å². The fourth-order valence-corrected chi connectivity index (χ4v) is 3.09. The normalized spacial score (nSPS) is 11.0. The average molecular weight is 346 g/mol. The van der Waals surface area contributed by atoms with Crippen LogP contribution in [0.2, 0.25) is 0 Å². The van der Waals surface area contributed by atoms with Crippen LogP contribution in [0, 0.1) is 0 Å². The van der Waals surface area contributed by atoms with Gasteiger partial charge in [-0.2, -0.15) is 0 Å². The first kappa shape index (κ1) is 15.8. The van der Waals surface area contributed by atoms with Gasteiger partial charge in [0.15, 0.2) is 6.29 Å². The number of phenolic OH excluding ortho intramolecular Hbond substituents is 1. The van der Waals surface area contributed by atoms with Crippen molar-refractivity contribution < 1.29 is 19.4 Å². The summed E-state index contributed by atoms with van der Waals surface area (Å²) in [6.45, 7) is 0. The van der Waals surface area contributed by atoms with E-state index in [1.807, 2.05) is 24.3 Å². The van der Waals surface area contributed by atoms with Crippen molar-refractivity contribution in [1.82, 2.24) is 9.97 Å². The molecule has 4 aromatic rings. The molecule has 0 unspecified atom stereocenters. The maximum atomic E-state index is 11.9. The Balaban J connectivity index is 2.05. The summed E-state index contributed by atoms with van der Waals surface area (Å²) in [6.07, 6.45) is 0.687. The molecule has 0 fully saturated rings. The number of rotatable bonds is 3. The molecule has 2 aromatic heterocycles. The van der Waals surface area contributed by atoms with Gasteiger partial charge in [-0.3, -0.25) is 4.79 Å². The Kier molecular flexibility index (Phi) is 3.65. The van der Waals surface area contributed by atoms with Gasteiger partial charge in [0.1, 0.15) is 17.0 Å². The van der Waals surface area contributed by atoms with Gasteiger partial charge in [0.05, 0.1) is 18.3 Å². The van der Waals surface area contributed by atoms with Crippen LogP contribution >= 0.6 is 0 Å². The highest BCUT2D eigenvalue weighted by atomic mass is 16.5. The number of hydrogen-bond acceptors (Lipinski definition) is 5. The number of para-hydroxylation sites is 1. The number of aromatic hydroxyl groups is 1. The van der Waals surface area contributed by atoms with Crippen LogP contribution in [0.4, 0.5) is 0 Å². The highest BCUT2D eigenvalue weighted by Crippen LogP contribution is 2.34. The highest BCUT2D eigenvalue weighted by Gasteiger charge is 2.17. The van der Waals surface area contributed by atoms with Gasteiger partial charge in [0.2, 0.25) is 0 Å². The molecule has 2 aromatic carbocycles. The number of phenols is 1. The Morgan fingerprint density at radius 3 is 2.73 bits per heavy atom. The van der Waals surface area contributed by atoms with Crippen molar-refractivity contribution in [3.8, 4) is 17.0 Å². The Morgan fingerprint density at radius 1 is 1.15 bits per heavy atom. The number of esters is 1. The number of pyridine rings is 1. The Bertz CT molecular complexity index is 1180. The van der Waals surface area contributed by atoms with Crippen molar-refractivity contribution in [1.29, 1.82) is 0 Å². The number of nitrogens with one attached hydrogen (secondary N) is 1. The molecule has 26 heavy (non-hydrogen) atoms. The highest BCUT2D eigenvalue weighted by molar-refractivity contribution is 6.12. The molecule has 0 bridgehead atoms. The lowest BCUT2D eigenvalue weighted by atomic mass is 10.0. The monoisotopic (exact) mass is 346 g/mol. The van der Waals surface area contributed by atoms with Gasteiger partial charge in [0, 0.05) is 21.9 Å². The molecule has 0 saturated carbocycles. The van der Waals surface area contributed by atoms with E-state index in [-0.39, 0.29) is 17.0 Å². The Hall–Kier alpha value is -3.67. The molecule has 6 nitrogen and oxygen atoms in total. The van der Waals surface area contributed by atoms with Crippen LogP contribution in [0.5, 0.6) is 5.75 Å². The van der Waals surface area contributed by atoms with Gasteiger partial charge < -0.3 is 14.8 Å². The molecule has 0 amide bonds. The van der Waals surface area contributed by atoms with E-state index in [1.54, 1.807) is 12.1 Å². The van der Waals surface area contributed by atoms with Crippen LogP contribution < -0.4 is 0 Å². The number of benzene rings is 2. The van der Waals surface area contributed by atoms with E-state index in [0.29, 0.717) is 17.5 Å². The number of aldehydes is 1. The largest absolute Gasteiger partial charge is 0.507 e. The van der Waals surface area contributed by atoms with E-state index in [1.165, 1.54) is 19.2 Å². The van der Waals surface area contributed by atoms with Crippen molar-refractivity contribution in [2.24, 2.45) is 0 Å². The van der Waals surface area contributed by atoms with E-state index in [9.17, 15) is 14.7 Å². The quantitative estimate of drug-likeness (QED) is 0.436. The van der Waals surface area contributed by atoms with E-state index >= 15 is 0 Å². The maximum absolute atomic E-state index is 11.9. The average Bonchev–Trinajstić information content (AvgIpc) is 3.05. The zero-order valence-corrected chi connectivity index (χ0v) is 13.8. The molecule has 2 N–H and O–H groups in total. The first-order chi connectivity index (χ1) is 12.6. The van der Waals surface area contributed by atoms with Gasteiger partial charge in [-0.25, -0.2) is 9.78 Å². The van der Waals surface area contributed by atoms with E-state index in [4.69, 9.17) is 4.74 Å². The van der Waals surface area contributed by atoms with Gasteiger partial charge in [-0.15, -0.1) is 0 Å². The number of fused-ring (bicyclic) bond motifs is 3. The summed E-state index contributed by atoms with van der Waals surface area (Å²) in [6, 6.07) is 14.0. The number of nitrogens with zero attached hydrogens (tertiary/aromatic N) is 1. The standard InChI is InChI=1S/C20H14N2O4/c1-26-20(25)15-8-11(6-7-17(15)24)18-19-14(9-12(10-23)21-18)13-4-2-3-5-16(13)22-19/h2-10,22,24H,1H3. The molecule has 0 aliphatic carbocycles. The summed E-state index contributed by atoms with van der Waals surface area (Å²) in [7, 11) is 1.25. The zero-order chi connectivity index (χ0) is 18.3. The molecule has 2 heterocycles. The molecule has 6 heteroatoms. The molecule has 0 saturated heterocycles. The maximum Gasteiger partial charge on any atom is 0.341 e. The van der Waals surface area contributed by atoms with E-state index in [0.717, 1.165) is 21.8 Å². The topological polar surface area (TPSA) is 92.3 Å². The van der Waals surface area contributed by atoms with Crippen LogP contribution in [0.1, 0.15) is 20.8 Å². The van der Waals surface area contributed by atoms with E-state index in [2.05, 4.69) is 9.97 Å². The van der Waals surface area contributed by atoms with Gasteiger partial charge in [0.25, 0.3) is 0 Å². The lowest BCUT2D eigenvalue weighted by Gasteiger charge is -2.08. The predicted molar refractivity (Wildman–Crippen MR) is 97.4 cm³/mol. The fourth-order valence-electron chi connectivity index (χ4n) is 3.09. The SMILES string of the molecule is COC(=O)c1cc(-c2nc(C=O)cc3c2[nH]c2ccccc23)ccc1O. The first-order valence-corrected chi connectivity index (χ1v) is 7.90. The first-order valence-electron chi connectivity index (χ1n) is 7.90. The zero-order valence-electron chi connectivity index (χ0n) is 13.8. The molecule has 0 aliphatic heterocycles. The number of H-pyrrole nitrogens is 1. The second-order valence-electron chi connectivity index (χ2n) is 5.83. The van der Waals surface area contributed by atoms with Crippen molar-refractivity contribution in [2.45, 2.75) is 0 Å². The number of aromatic amines is 1. The minimum Gasteiger partial charge on any atom is -0.507 e. The summed E-state index contributed by atoms with van der Waals surface area (Å²) in [5.41, 5.74) is 3.09. The molecule has 0 atom stereocenters. The van der Waals surface area contributed by atoms with E-state index < -0.39 is 5.97 Å². The van der Waals surface area contributed by atoms with Crippen molar-refractivity contribution in [3.05, 3.63) is 59.8 Å². The number of ether oxygens (including phenoxy) is 1. The summed E-state index contributed by atoms with van der Waals surface area (Å²) < 4.78 is 4.71. The predicted octanol–water partition coefficient (Wildman–Crippen LogP) is 3.69. The summed E-state index contributed by atoms with van der Waals surface area (Å²) >= 11 is 0. The third-order valence-electron chi connectivity index (χ3n) is 4.31. The summed E-state index contributed by atoms with van der Waals surface area (Å²) in [4.78, 5) is 31.0. The third kappa shape index (κ3) is 2.39. The molecule has 128 valence electrons. The Labute approximate surface area is 148 Å². The fraction of sp³-hybridized carbons (Fsp3) is 0.0500. The van der Waals surface area contributed by atoms with Gasteiger partial charge >= 0.3 is 5.97 Å². The molecular formula is C20H14N2O4. The van der Waals surface area contributed by atoms with Crippen molar-refractivity contribution in [2.75, 3.05) is 7.11 Å². The van der Waals surface area contributed by atoms with Crippen molar-refractivity contribution >= 4 is 34.1 Å². The smallest absolute Gasteiger partial charge is 0.341 e. The molecule has 0 aliphatic rings. The minimum atomic E-state index is -0.649. The lowest BCUT2D eigenvalue weighted by molar-refractivity contribution is 0.0597. The minimum absolute atomic E-state index is 0.0348. The second kappa shape index (κ2) is 6.00. The molecular weight excluding hydrogens is 332 g/mol. The van der Waals surface area contributed by atoms with Crippen LogP contribution in [0.15, 0.2) is 48.5 Å². The molecule has 4 rings (SSSR count). The summed E-state index contributed by atoms with van der Waals surface area (Å²) in [5.74, 6) is -0.830. The molecule has 0 radical (unpaired) electrons. The van der Waals surface area contributed by atoms with Crippen LogP contribution in [0.3, 0.4) is 0 Å². The van der Waals surface area contributed by atoms with Crippen LogP contribution in [-0.2, 0) is 4.74 Å². The third-order valence-corrected chi connectivity index (χ3v) is 4.31. The van der Waals surface area contributed by atoms with Crippen LogP contribution in [-0.4, -0.2) is 34.4 Å². The lowest BCUT2D eigenvalue weighted by Crippen LogP contribution is -2.02. The number of hydrogen-bond donors (Lipinski definition) is 2. The summed E-state index contributed by atoms with van der Waals surface area (Å²) in [5, 5.41) is 11.8. The number of carbonyl (C=O) groups excluding carboxylic acids is 2. The number of aromatic nitrogens is 2.